The molecule has 0 bridgehead atoms. The normalized spacial score (nSPS) is 22.7. The van der Waals surface area contributed by atoms with Gasteiger partial charge in [-0.15, -0.1) is 0 Å². The molecular formula is C23H44O5S. The van der Waals surface area contributed by atoms with Crippen LogP contribution in [-0.4, -0.2) is 58.0 Å². The van der Waals surface area contributed by atoms with Crippen LogP contribution in [-0.2, 0) is 9.47 Å². The fraction of sp³-hybridized carbons (Fsp3) is 0.957. The Kier molecular flexibility index (Phi) is 16.1. The third-order valence-corrected chi connectivity index (χ3v) is 6.05. The Morgan fingerprint density at radius 2 is 1.41 bits per heavy atom. The zero-order valence-corrected chi connectivity index (χ0v) is 19.2. The van der Waals surface area contributed by atoms with Gasteiger partial charge in [0.2, 0.25) is 0 Å². The van der Waals surface area contributed by atoms with Crippen LogP contribution in [0.3, 0.4) is 0 Å². The summed E-state index contributed by atoms with van der Waals surface area (Å²) in [5.41, 5.74) is 0. The summed E-state index contributed by atoms with van der Waals surface area (Å²) in [4.78, 5) is 0. The summed E-state index contributed by atoms with van der Waals surface area (Å²) >= 11 is 5.27. The molecule has 4 atom stereocenters. The smallest absolute Gasteiger partial charge is 0.160 e. The highest BCUT2D eigenvalue weighted by atomic mass is 32.1. The average Bonchev–Trinajstić information content (AvgIpc) is 3.07. The molecule has 1 fully saturated rings. The predicted molar refractivity (Wildman–Crippen MR) is 121 cm³/mol. The molecule has 1 rings (SSSR count). The molecule has 0 saturated carbocycles. The number of rotatable bonds is 18. The number of ether oxygens (including phenoxy) is 2. The van der Waals surface area contributed by atoms with Gasteiger partial charge in [-0.2, -0.15) is 0 Å². The van der Waals surface area contributed by atoms with Gasteiger partial charge in [-0.05, 0) is 18.6 Å². The van der Waals surface area contributed by atoms with Crippen molar-refractivity contribution in [2.45, 2.75) is 128 Å². The third-order valence-electron chi connectivity index (χ3n) is 5.75. The topological polar surface area (TPSA) is 79.2 Å². The predicted octanol–water partition coefficient (Wildman–Crippen LogP) is 4.68. The summed E-state index contributed by atoms with van der Waals surface area (Å²) in [7, 11) is 0. The van der Waals surface area contributed by atoms with Crippen molar-refractivity contribution in [2.24, 2.45) is 0 Å². The van der Waals surface area contributed by atoms with E-state index in [4.69, 9.17) is 26.8 Å². The Balaban J connectivity index is 1.90. The van der Waals surface area contributed by atoms with E-state index < -0.39 is 31.0 Å². The molecule has 1 aliphatic heterocycles. The van der Waals surface area contributed by atoms with Crippen molar-refractivity contribution in [2.75, 3.05) is 13.2 Å². The van der Waals surface area contributed by atoms with E-state index in [0.717, 1.165) is 12.8 Å². The molecule has 1 heterocycles. The quantitative estimate of drug-likeness (QED) is 0.215. The van der Waals surface area contributed by atoms with Gasteiger partial charge in [0.05, 0.1) is 13.2 Å². The maximum Gasteiger partial charge on any atom is 0.160 e. The molecule has 1 aliphatic rings. The highest BCUT2D eigenvalue weighted by molar-refractivity contribution is 7.80. The lowest BCUT2D eigenvalue weighted by Gasteiger charge is -2.21. The van der Waals surface area contributed by atoms with Crippen LogP contribution in [0.5, 0.6) is 0 Å². The van der Waals surface area contributed by atoms with Crippen molar-refractivity contribution in [1.82, 2.24) is 0 Å². The second-order valence-electron chi connectivity index (χ2n) is 8.41. The van der Waals surface area contributed by atoms with Crippen LogP contribution < -0.4 is 0 Å². The molecule has 0 aromatic carbocycles. The second-order valence-corrected chi connectivity index (χ2v) is 8.87. The number of unbranched alkanes of at least 4 members (excludes halogenated alkanes) is 13. The maximum absolute atomic E-state index is 10.1. The molecule has 0 aliphatic carbocycles. The first kappa shape index (κ1) is 26.8. The van der Waals surface area contributed by atoms with E-state index in [0.29, 0.717) is 11.5 Å². The maximum atomic E-state index is 10.1. The summed E-state index contributed by atoms with van der Waals surface area (Å²) < 4.78 is 10.9. The Labute approximate surface area is 183 Å². The van der Waals surface area contributed by atoms with Gasteiger partial charge in [0.15, 0.2) is 11.2 Å². The fourth-order valence-electron chi connectivity index (χ4n) is 3.85. The number of aliphatic hydroxyl groups is 3. The number of hydrogen-bond acceptors (Lipinski definition) is 6. The molecule has 3 N–H and O–H groups in total. The summed E-state index contributed by atoms with van der Waals surface area (Å²) in [6.45, 7) is 2.00. The number of hydrogen-bond donors (Lipinski definition) is 3. The highest BCUT2D eigenvalue weighted by Crippen LogP contribution is 2.21. The van der Waals surface area contributed by atoms with Gasteiger partial charge in [0.25, 0.3) is 0 Å². The van der Waals surface area contributed by atoms with Crippen LogP contribution >= 0.6 is 12.2 Å². The SMILES string of the molecule is CCCCCCCCCCCCCCCCC(=S)O[C@@H]1CO[C@H]([C@@H](O)CO)[C@@H]1O. The summed E-state index contributed by atoms with van der Waals surface area (Å²) in [6.07, 6.45) is 15.8. The summed E-state index contributed by atoms with van der Waals surface area (Å²) in [6, 6.07) is 0. The zero-order chi connectivity index (χ0) is 21.3. The molecule has 6 heteroatoms. The number of thiocarbonyl (C=S) groups is 1. The molecular weight excluding hydrogens is 388 g/mol. The van der Waals surface area contributed by atoms with Crippen LogP contribution in [0.25, 0.3) is 0 Å². The van der Waals surface area contributed by atoms with Crippen LogP contribution in [0.4, 0.5) is 0 Å². The molecule has 0 aromatic heterocycles. The third kappa shape index (κ3) is 12.2. The standard InChI is InChI=1S/C23H44O5S/c1-2-3-4-5-6-7-8-9-10-11-12-13-14-15-16-21(29)28-20-18-27-23(22(20)26)19(25)17-24/h19-20,22-26H,2-18H2,1H3/t19-,20+,22+,23+/m0/s1. The molecule has 0 aromatic rings. The lowest BCUT2D eigenvalue weighted by molar-refractivity contribution is -0.0679. The Morgan fingerprint density at radius 1 is 0.931 bits per heavy atom. The monoisotopic (exact) mass is 432 g/mol. The van der Waals surface area contributed by atoms with E-state index in [1.807, 2.05) is 0 Å². The zero-order valence-electron chi connectivity index (χ0n) is 18.4. The first-order valence-electron chi connectivity index (χ1n) is 11.9. The Hall–Kier alpha value is -0.270. The van der Waals surface area contributed by atoms with Gasteiger partial charge in [-0.1, -0.05) is 90.4 Å². The van der Waals surface area contributed by atoms with Gasteiger partial charge in [0.1, 0.15) is 18.3 Å². The Morgan fingerprint density at radius 3 is 1.90 bits per heavy atom. The van der Waals surface area contributed by atoms with E-state index in [9.17, 15) is 10.2 Å². The second kappa shape index (κ2) is 17.4. The van der Waals surface area contributed by atoms with Crippen LogP contribution in [0, 0.1) is 0 Å². The van der Waals surface area contributed by atoms with Crippen molar-refractivity contribution < 1.29 is 24.8 Å². The molecule has 29 heavy (non-hydrogen) atoms. The molecule has 0 amide bonds. The van der Waals surface area contributed by atoms with Gasteiger partial charge in [-0.25, -0.2) is 0 Å². The molecule has 172 valence electrons. The van der Waals surface area contributed by atoms with E-state index in [-0.39, 0.29) is 6.61 Å². The molecule has 1 saturated heterocycles. The van der Waals surface area contributed by atoms with Crippen molar-refractivity contribution in [3.8, 4) is 0 Å². The lowest BCUT2D eigenvalue weighted by Crippen LogP contribution is -2.41. The minimum Gasteiger partial charge on any atom is -0.479 e. The van der Waals surface area contributed by atoms with Crippen molar-refractivity contribution in [3.63, 3.8) is 0 Å². The van der Waals surface area contributed by atoms with Gasteiger partial charge >= 0.3 is 0 Å². The van der Waals surface area contributed by atoms with E-state index in [2.05, 4.69) is 6.92 Å². The first-order valence-corrected chi connectivity index (χ1v) is 12.3. The number of aliphatic hydroxyl groups excluding tert-OH is 3. The average molecular weight is 433 g/mol. The summed E-state index contributed by atoms with van der Waals surface area (Å²) in [5, 5.41) is 29.2. The van der Waals surface area contributed by atoms with Crippen LogP contribution in [0.15, 0.2) is 0 Å². The van der Waals surface area contributed by atoms with Crippen molar-refractivity contribution in [1.29, 1.82) is 0 Å². The van der Waals surface area contributed by atoms with Gasteiger partial charge in [0, 0.05) is 6.42 Å². The van der Waals surface area contributed by atoms with Gasteiger partial charge < -0.3 is 24.8 Å². The molecule has 0 radical (unpaired) electrons. The minimum atomic E-state index is -1.10. The van der Waals surface area contributed by atoms with E-state index >= 15 is 0 Å². The minimum absolute atomic E-state index is 0.182. The lowest BCUT2D eigenvalue weighted by atomic mass is 10.0. The van der Waals surface area contributed by atoms with Gasteiger partial charge in [-0.3, -0.25) is 0 Å². The fourth-order valence-corrected chi connectivity index (χ4v) is 4.12. The van der Waals surface area contributed by atoms with E-state index in [1.165, 1.54) is 77.0 Å². The Bertz CT molecular complexity index is 407. The molecule has 0 unspecified atom stereocenters. The van der Waals surface area contributed by atoms with Crippen molar-refractivity contribution in [3.05, 3.63) is 0 Å². The van der Waals surface area contributed by atoms with Crippen LogP contribution in [0.2, 0.25) is 0 Å². The first-order chi connectivity index (χ1) is 14.1. The summed E-state index contributed by atoms with van der Waals surface area (Å²) in [5.74, 6) is 0. The molecule has 0 spiro atoms. The largest absolute Gasteiger partial charge is 0.479 e. The van der Waals surface area contributed by atoms with Crippen molar-refractivity contribution >= 4 is 17.3 Å². The highest BCUT2D eigenvalue weighted by Gasteiger charge is 2.41. The van der Waals surface area contributed by atoms with E-state index in [1.54, 1.807) is 0 Å². The molecule has 5 nitrogen and oxygen atoms in total. The van der Waals surface area contributed by atoms with Crippen LogP contribution in [0.1, 0.15) is 103 Å².